The third kappa shape index (κ3) is 6.72. The van der Waals surface area contributed by atoms with Crippen LogP contribution in [0.4, 0.5) is 26.3 Å². The number of carboxylic acid groups (broad SMARTS) is 2. The van der Waals surface area contributed by atoms with Crippen LogP contribution < -0.4 is 5.32 Å². The molecular weight excluding hydrogens is 448 g/mol. The topological polar surface area (TPSA) is 104 Å². The van der Waals surface area contributed by atoms with Crippen LogP contribution in [-0.2, 0) is 34.8 Å². The van der Waals surface area contributed by atoms with E-state index < -0.39 is 59.4 Å². The second-order valence-corrected chi connectivity index (χ2v) is 6.76. The second-order valence-electron chi connectivity index (χ2n) is 6.76. The van der Waals surface area contributed by atoms with Gasteiger partial charge in [-0.3, -0.25) is 4.79 Å². The summed E-state index contributed by atoms with van der Waals surface area (Å²) >= 11 is 0. The number of hydrogen-bond donors (Lipinski definition) is 3. The summed E-state index contributed by atoms with van der Waals surface area (Å²) in [5.74, 6) is -3.81. The number of aliphatic carboxylic acids is 1. The van der Waals surface area contributed by atoms with Gasteiger partial charge in [-0.2, -0.15) is 26.3 Å². The number of benzene rings is 2. The van der Waals surface area contributed by atoms with Crippen LogP contribution in [-0.4, -0.2) is 34.1 Å². The Morgan fingerprint density at radius 1 is 0.812 bits per heavy atom. The SMILES string of the molecule is O=C(Cc1cc(C(F)(F)F)cc(C(F)(F)F)c1)N[C@H](Cc1ccc(C(=O)O)cc1)C(=O)O. The fourth-order valence-electron chi connectivity index (χ4n) is 2.77. The number of rotatable bonds is 7. The van der Waals surface area contributed by atoms with E-state index in [9.17, 15) is 45.8 Å². The molecule has 0 fully saturated rings. The van der Waals surface area contributed by atoms with Gasteiger partial charge in [0.2, 0.25) is 5.91 Å². The third-order valence-corrected chi connectivity index (χ3v) is 4.29. The lowest BCUT2D eigenvalue weighted by molar-refractivity contribution is -0.143. The Labute approximate surface area is 176 Å². The van der Waals surface area contributed by atoms with Gasteiger partial charge in [0, 0.05) is 6.42 Å². The Balaban J connectivity index is 2.19. The molecule has 0 saturated heterocycles. The average Bonchev–Trinajstić information content (AvgIpc) is 2.66. The first kappa shape index (κ1) is 24.7. The van der Waals surface area contributed by atoms with Crippen LogP contribution in [0.1, 0.15) is 32.6 Å². The summed E-state index contributed by atoms with van der Waals surface area (Å²) in [6, 6.07) is 4.18. The quantitative estimate of drug-likeness (QED) is 0.543. The highest BCUT2D eigenvalue weighted by Gasteiger charge is 2.37. The molecule has 0 unspecified atom stereocenters. The molecule has 2 rings (SSSR count). The van der Waals surface area contributed by atoms with Gasteiger partial charge in [-0.15, -0.1) is 0 Å². The van der Waals surface area contributed by atoms with E-state index in [2.05, 4.69) is 0 Å². The number of halogens is 6. The monoisotopic (exact) mass is 463 g/mol. The molecule has 0 aliphatic carbocycles. The molecule has 0 aromatic heterocycles. The van der Waals surface area contributed by atoms with Crippen LogP contribution in [0.25, 0.3) is 0 Å². The summed E-state index contributed by atoms with van der Waals surface area (Å²) < 4.78 is 77.6. The fourth-order valence-corrected chi connectivity index (χ4v) is 2.77. The number of carbonyl (C=O) groups is 3. The lowest BCUT2D eigenvalue weighted by atomic mass is 10.0. The molecule has 1 amide bonds. The predicted molar refractivity (Wildman–Crippen MR) is 96.8 cm³/mol. The molecule has 0 aliphatic heterocycles. The minimum Gasteiger partial charge on any atom is -0.480 e. The number of alkyl halides is 6. The Morgan fingerprint density at radius 2 is 1.31 bits per heavy atom. The maximum atomic E-state index is 12.9. The molecular formula is C20H15F6NO5. The minimum absolute atomic E-state index is 0.0605. The highest BCUT2D eigenvalue weighted by Crippen LogP contribution is 2.36. The van der Waals surface area contributed by atoms with Gasteiger partial charge in [-0.05, 0) is 41.5 Å². The zero-order valence-corrected chi connectivity index (χ0v) is 15.9. The van der Waals surface area contributed by atoms with Crippen molar-refractivity contribution < 1.29 is 50.9 Å². The maximum Gasteiger partial charge on any atom is 0.416 e. The molecule has 0 saturated carbocycles. The van der Waals surface area contributed by atoms with Gasteiger partial charge in [-0.1, -0.05) is 12.1 Å². The van der Waals surface area contributed by atoms with Gasteiger partial charge < -0.3 is 15.5 Å². The van der Waals surface area contributed by atoms with E-state index in [0.717, 1.165) is 0 Å². The van der Waals surface area contributed by atoms with Gasteiger partial charge in [-0.25, -0.2) is 9.59 Å². The smallest absolute Gasteiger partial charge is 0.416 e. The van der Waals surface area contributed by atoms with Crippen molar-refractivity contribution in [2.24, 2.45) is 0 Å². The molecule has 0 radical (unpaired) electrons. The van der Waals surface area contributed by atoms with E-state index >= 15 is 0 Å². The van der Waals surface area contributed by atoms with E-state index in [4.69, 9.17) is 5.11 Å². The van der Waals surface area contributed by atoms with Crippen molar-refractivity contribution in [3.8, 4) is 0 Å². The number of aromatic carboxylic acids is 1. The van der Waals surface area contributed by atoms with E-state index in [0.29, 0.717) is 17.7 Å². The minimum atomic E-state index is -5.09. The summed E-state index contributed by atoms with van der Waals surface area (Å²) in [7, 11) is 0. The van der Waals surface area contributed by atoms with E-state index in [1.807, 2.05) is 5.32 Å². The van der Waals surface area contributed by atoms with Crippen molar-refractivity contribution in [3.63, 3.8) is 0 Å². The first-order valence-corrected chi connectivity index (χ1v) is 8.79. The highest BCUT2D eigenvalue weighted by atomic mass is 19.4. The van der Waals surface area contributed by atoms with Crippen LogP contribution >= 0.6 is 0 Å². The Morgan fingerprint density at radius 3 is 1.72 bits per heavy atom. The molecule has 2 aromatic rings. The van der Waals surface area contributed by atoms with Gasteiger partial charge >= 0.3 is 24.3 Å². The molecule has 3 N–H and O–H groups in total. The molecule has 0 bridgehead atoms. The molecule has 2 aromatic carbocycles. The van der Waals surface area contributed by atoms with Crippen LogP contribution in [0.15, 0.2) is 42.5 Å². The number of nitrogens with one attached hydrogen (secondary N) is 1. The van der Waals surface area contributed by atoms with Crippen LogP contribution in [0.2, 0.25) is 0 Å². The maximum absolute atomic E-state index is 12.9. The summed E-state index contributed by atoms with van der Waals surface area (Å²) in [4.78, 5) is 34.4. The van der Waals surface area contributed by atoms with Crippen molar-refractivity contribution in [1.82, 2.24) is 5.32 Å². The van der Waals surface area contributed by atoms with Crippen molar-refractivity contribution in [2.75, 3.05) is 0 Å². The van der Waals surface area contributed by atoms with Crippen molar-refractivity contribution in [3.05, 3.63) is 70.3 Å². The van der Waals surface area contributed by atoms with Crippen LogP contribution in [0.3, 0.4) is 0 Å². The van der Waals surface area contributed by atoms with Crippen LogP contribution in [0.5, 0.6) is 0 Å². The summed E-state index contributed by atoms with van der Waals surface area (Å²) in [6.45, 7) is 0. The summed E-state index contributed by atoms with van der Waals surface area (Å²) in [6.07, 6.45) is -11.4. The molecule has 6 nitrogen and oxygen atoms in total. The lowest BCUT2D eigenvalue weighted by Crippen LogP contribution is -2.43. The van der Waals surface area contributed by atoms with Gasteiger partial charge in [0.25, 0.3) is 0 Å². The number of carbonyl (C=O) groups excluding carboxylic acids is 1. The predicted octanol–water partition coefficient (Wildman–Crippen LogP) is 3.78. The van der Waals surface area contributed by atoms with Crippen molar-refractivity contribution >= 4 is 17.8 Å². The van der Waals surface area contributed by atoms with E-state index in [1.54, 1.807) is 0 Å². The number of amides is 1. The fraction of sp³-hybridized carbons (Fsp3) is 0.250. The zero-order chi connectivity index (χ0) is 24.3. The third-order valence-electron chi connectivity index (χ3n) is 4.29. The highest BCUT2D eigenvalue weighted by molar-refractivity contribution is 5.87. The Hall–Kier alpha value is -3.57. The van der Waals surface area contributed by atoms with Crippen molar-refractivity contribution in [1.29, 1.82) is 0 Å². The molecule has 0 heterocycles. The molecule has 172 valence electrons. The van der Waals surface area contributed by atoms with Crippen LogP contribution in [0, 0.1) is 0 Å². The van der Waals surface area contributed by atoms with Gasteiger partial charge in [0.05, 0.1) is 23.1 Å². The standard InChI is InChI=1S/C20H15F6NO5/c21-19(22,23)13-5-11(6-14(9-13)20(24,25)26)8-16(28)27-15(18(31)32)7-10-1-3-12(4-2-10)17(29)30/h1-6,9,15H,7-8H2,(H,27,28)(H,29,30)(H,31,32)/t15-/m1/s1. The van der Waals surface area contributed by atoms with Gasteiger partial charge in [0.15, 0.2) is 0 Å². The summed E-state index contributed by atoms with van der Waals surface area (Å²) in [5, 5.41) is 20.2. The Kier molecular flexibility index (Phi) is 7.17. The van der Waals surface area contributed by atoms with E-state index in [-0.39, 0.29) is 18.1 Å². The first-order valence-electron chi connectivity index (χ1n) is 8.79. The molecule has 12 heteroatoms. The largest absolute Gasteiger partial charge is 0.480 e. The Bertz CT molecular complexity index is 982. The molecule has 1 atom stereocenters. The molecule has 0 spiro atoms. The number of carboxylic acids is 2. The van der Waals surface area contributed by atoms with Gasteiger partial charge in [0.1, 0.15) is 6.04 Å². The summed E-state index contributed by atoms with van der Waals surface area (Å²) in [5.41, 5.74) is -3.51. The molecule has 32 heavy (non-hydrogen) atoms. The second kappa shape index (κ2) is 9.28. The molecule has 0 aliphatic rings. The van der Waals surface area contributed by atoms with Crippen molar-refractivity contribution in [2.45, 2.75) is 31.2 Å². The zero-order valence-electron chi connectivity index (χ0n) is 15.9. The first-order chi connectivity index (χ1) is 14.7. The lowest BCUT2D eigenvalue weighted by Gasteiger charge is -2.16. The average molecular weight is 463 g/mol. The normalized spacial score (nSPS) is 12.8. The van der Waals surface area contributed by atoms with E-state index in [1.165, 1.54) is 24.3 Å². The number of hydrogen-bond acceptors (Lipinski definition) is 3.